The van der Waals surface area contributed by atoms with Crippen LogP contribution in [-0.4, -0.2) is 45.2 Å². The molecule has 174 valence electrons. The molecule has 2 amide bonds. The van der Waals surface area contributed by atoms with Gasteiger partial charge in [0, 0.05) is 24.3 Å². The third-order valence-corrected chi connectivity index (χ3v) is 6.06. The number of benzene rings is 1. The maximum atomic E-state index is 14.1. The van der Waals surface area contributed by atoms with E-state index in [-0.39, 0.29) is 30.0 Å². The van der Waals surface area contributed by atoms with Crippen LogP contribution in [-0.2, 0) is 6.54 Å². The van der Waals surface area contributed by atoms with Crippen LogP contribution in [0.15, 0.2) is 35.3 Å². The smallest absolute Gasteiger partial charge is 0.278 e. The number of aryl methyl sites for hydroxylation is 1. The van der Waals surface area contributed by atoms with Gasteiger partial charge in [0.25, 0.3) is 11.8 Å². The van der Waals surface area contributed by atoms with Crippen molar-refractivity contribution in [1.29, 1.82) is 0 Å². The van der Waals surface area contributed by atoms with Crippen LogP contribution in [0.2, 0.25) is 0 Å². The topological polar surface area (TPSA) is 94.9 Å². The predicted octanol–water partition coefficient (Wildman–Crippen LogP) is 2.16. The maximum absolute atomic E-state index is 14.1. The molecule has 2 atom stereocenters. The second-order valence-corrected chi connectivity index (χ2v) is 8.26. The van der Waals surface area contributed by atoms with Crippen molar-refractivity contribution in [3.63, 3.8) is 0 Å². The highest BCUT2D eigenvalue weighted by Gasteiger charge is 2.38. The molecule has 0 spiro atoms. The van der Waals surface area contributed by atoms with E-state index in [0.717, 1.165) is 12.1 Å². The lowest BCUT2D eigenvalue weighted by molar-refractivity contribution is 0.0650. The van der Waals surface area contributed by atoms with Crippen LogP contribution in [0, 0.1) is 18.6 Å². The van der Waals surface area contributed by atoms with Gasteiger partial charge in [0.2, 0.25) is 5.43 Å². The SMILES string of the molecule is CC[C@@H]1C=C[C@H](C)N2CN1n1cc(C(=O)NCc3c(F)cc(C)cc3F)c(=O)c(O)c1C2=O. The summed E-state index contributed by atoms with van der Waals surface area (Å²) >= 11 is 0. The number of carbonyl (C=O) groups is 2. The Kier molecular flexibility index (Phi) is 5.69. The van der Waals surface area contributed by atoms with E-state index in [4.69, 9.17) is 0 Å². The molecule has 2 N–H and O–H groups in total. The summed E-state index contributed by atoms with van der Waals surface area (Å²) in [7, 11) is 0. The summed E-state index contributed by atoms with van der Waals surface area (Å²) in [6.45, 7) is 5.03. The molecule has 0 fully saturated rings. The number of nitrogens with one attached hydrogen (secondary N) is 1. The van der Waals surface area contributed by atoms with Crippen molar-refractivity contribution in [2.45, 2.75) is 45.8 Å². The first kappa shape index (κ1) is 22.5. The second kappa shape index (κ2) is 8.34. The number of fused-ring (bicyclic) bond motifs is 4. The summed E-state index contributed by atoms with van der Waals surface area (Å²) in [5, 5.41) is 14.7. The number of aromatic hydroxyl groups is 1. The molecule has 10 heteroatoms. The Morgan fingerprint density at radius 1 is 1.21 bits per heavy atom. The van der Waals surface area contributed by atoms with Crippen LogP contribution in [0.1, 0.15) is 52.2 Å². The molecule has 0 aliphatic carbocycles. The summed E-state index contributed by atoms with van der Waals surface area (Å²) < 4.78 is 29.6. The minimum atomic E-state index is -1.04. The minimum absolute atomic E-state index is 0.155. The first-order valence-corrected chi connectivity index (χ1v) is 10.6. The maximum Gasteiger partial charge on any atom is 0.278 e. The monoisotopic (exact) mass is 458 g/mol. The molecule has 2 bridgehead atoms. The van der Waals surface area contributed by atoms with Crippen molar-refractivity contribution in [1.82, 2.24) is 14.9 Å². The van der Waals surface area contributed by atoms with Gasteiger partial charge in [-0.1, -0.05) is 19.1 Å². The van der Waals surface area contributed by atoms with Crippen LogP contribution >= 0.6 is 0 Å². The number of aromatic nitrogens is 1. The van der Waals surface area contributed by atoms with E-state index in [1.165, 1.54) is 22.7 Å². The van der Waals surface area contributed by atoms with Crippen LogP contribution in [0.4, 0.5) is 8.78 Å². The number of rotatable bonds is 4. The molecule has 2 aliphatic heterocycles. The Morgan fingerprint density at radius 3 is 2.52 bits per heavy atom. The van der Waals surface area contributed by atoms with E-state index in [9.17, 15) is 28.3 Å². The number of hydrogen-bond acceptors (Lipinski definition) is 5. The zero-order valence-electron chi connectivity index (χ0n) is 18.4. The van der Waals surface area contributed by atoms with Crippen molar-refractivity contribution in [3.05, 3.63) is 74.7 Å². The first-order chi connectivity index (χ1) is 15.6. The lowest BCUT2D eigenvalue weighted by Crippen LogP contribution is -2.58. The van der Waals surface area contributed by atoms with Gasteiger partial charge in [-0.2, -0.15) is 0 Å². The molecule has 3 heterocycles. The van der Waals surface area contributed by atoms with E-state index in [1.807, 2.05) is 26.0 Å². The van der Waals surface area contributed by atoms with Crippen LogP contribution < -0.4 is 15.8 Å². The average Bonchev–Trinajstić information content (AvgIpc) is 2.90. The largest absolute Gasteiger partial charge is 0.502 e. The number of hydrogen-bond donors (Lipinski definition) is 2. The van der Waals surface area contributed by atoms with Crippen molar-refractivity contribution in [2.75, 3.05) is 11.7 Å². The molecule has 8 nitrogen and oxygen atoms in total. The van der Waals surface area contributed by atoms with Crippen molar-refractivity contribution >= 4 is 11.8 Å². The summed E-state index contributed by atoms with van der Waals surface area (Å²) in [6.07, 6.45) is 5.68. The molecule has 0 saturated heterocycles. The van der Waals surface area contributed by atoms with Gasteiger partial charge < -0.3 is 15.3 Å². The van der Waals surface area contributed by atoms with Crippen LogP contribution in [0.25, 0.3) is 0 Å². The molecule has 1 aromatic carbocycles. The van der Waals surface area contributed by atoms with Gasteiger partial charge in [0.15, 0.2) is 11.4 Å². The zero-order valence-corrected chi connectivity index (χ0v) is 18.4. The molecule has 2 aliphatic rings. The first-order valence-electron chi connectivity index (χ1n) is 10.6. The van der Waals surface area contributed by atoms with Gasteiger partial charge >= 0.3 is 0 Å². The number of nitrogens with zero attached hydrogens (tertiary/aromatic N) is 3. The summed E-state index contributed by atoms with van der Waals surface area (Å²) in [4.78, 5) is 40.1. The molecule has 4 rings (SSSR count). The Morgan fingerprint density at radius 2 is 1.88 bits per heavy atom. The van der Waals surface area contributed by atoms with E-state index < -0.39 is 46.7 Å². The molecule has 2 aromatic rings. The Labute approximate surface area is 188 Å². The Hall–Kier alpha value is -3.69. The van der Waals surface area contributed by atoms with Gasteiger partial charge in [-0.15, -0.1) is 0 Å². The lowest BCUT2D eigenvalue weighted by Gasteiger charge is -2.42. The third kappa shape index (κ3) is 3.75. The summed E-state index contributed by atoms with van der Waals surface area (Å²) in [5.41, 5.74) is -1.66. The van der Waals surface area contributed by atoms with Crippen LogP contribution in [0.3, 0.4) is 0 Å². The standard InChI is InChI=1S/C23H24F2N4O4/c1-4-14-6-5-13(3)27-11-29(14)28-10-16(20(30)21(31)19(28)23(27)33)22(32)26-9-15-17(24)7-12(2)8-18(15)25/h5-8,10,13-14,31H,4,9,11H2,1-3H3,(H,26,32)/t13-,14+/m0/s1. The van der Waals surface area contributed by atoms with Gasteiger partial charge in [0.1, 0.15) is 23.9 Å². The number of carbonyl (C=O) groups excluding carboxylic acids is 2. The fraction of sp³-hybridized carbons (Fsp3) is 0.348. The molecule has 0 unspecified atom stereocenters. The van der Waals surface area contributed by atoms with E-state index >= 15 is 0 Å². The number of amides is 2. The molecular weight excluding hydrogens is 434 g/mol. The third-order valence-electron chi connectivity index (χ3n) is 6.06. The highest BCUT2D eigenvalue weighted by atomic mass is 19.1. The van der Waals surface area contributed by atoms with Crippen molar-refractivity contribution < 1.29 is 23.5 Å². The average molecular weight is 458 g/mol. The van der Waals surface area contributed by atoms with E-state index in [0.29, 0.717) is 12.0 Å². The molecule has 0 radical (unpaired) electrons. The van der Waals surface area contributed by atoms with Gasteiger partial charge in [-0.05, 0) is 38.0 Å². The fourth-order valence-corrected chi connectivity index (χ4v) is 4.16. The van der Waals surface area contributed by atoms with Crippen molar-refractivity contribution in [2.24, 2.45) is 0 Å². The zero-order chi connectivity index (χ0) is 24.0. The van der Waals surface area contributed by atoms with Gasteiger partial charge in [-0.3, -0.25) is 24.1 Å². The molecular formula is C23H24F2N4O4. The van der Waals surface area contributed by atoms with E-state index in [1.54, 1.807) is 5.01 Å². The summed E-state index contributed by atoms with van der Waals surface area (Å²) in [5.74, 6) is -3.95. The Bertz CT molecular complexity index is 1220. The van der Waals surface area contributed by atoms with Crippen LogP contribution in [0.5, 0.6) is 5.75 Å². The Balaban J connectivity index is 1.72. The predicted molar refractivity (Wildman–Crippen MR) is 117 cm³/mol. The number of pyridine rings is 1. The molecule has 0 saturated carbocycles. The molecule has 33 heavy (non-hydrogen) atoms. The van der Waals surface area contributed by atoms with Gasteiger partial charge in [0.05, 0.1) is 6.04 Å². The molecule has 1 aromatic heterocycles. The normalized spacial score (nSPS) is 19.4. The van der Waals surface area contributed by atoms with Gasteiger partial charge in [-0.25, -0.2) is 8.78 Å². The lowest BCUT2D eigenvalue weighted by atomic mass is 10.1. The number of halogens is 2. The quantitative estimate of drug-likeness (QED) is 0.685. The summed E-state index contributed by atoms with van der Waals surface area (Å²) in [6, 6.07) is 1.88. The highest BCUT2D eigenvalue weighted by Crippen LogP contribution is 2.27. The van der Waals surface area contributed by atoms with Crippen molar-refractivity contribution in [3.8, 4) is 5.75 Å². The minimum Gasteiger partial charge on any atom is -0.502 e. The highest BCUT2D eigenvalue weighted by molar-refractivity contribution is 5.99. The van der Waals surface area contributed by atoms with E-state index in [2.05, 4.69) is 5.32 Å². The second-order valence-electron chi connectivity index (χ2n) is 8.26. The fourth-order valence-electron chi connectivity index (χ4n) is 4.16.